The van der Waals surface area contributed by atoms with Crippen molar-refractivity contribution < 1.29 is 9.13 Å². The molecule has 0 spiro atoms. The SMILES string of the molecule is COc1cccc(-n2cccc2C2C(c3ccccn3)NC(=S)N2c2ccc(F)c(C)c2)c1. The number of benzene rings is 2. The van der Waals surface area contributed by atoms with Crippen LogP contribution in [-0.4, -0.2) is 21.8 Å². The summed E-state index contributed by atoms with van der Waals surface area (Å²) in [4.78, 5) is 6.66. The van der Waals surface area contributed by atoms with Crippen LogP contribution in [0.15, 0.2) is 85.2 Å². The van der Waals surface area contributed by atoms with Crippen molar-refractivity contribution in [2.24, 2.45) is 0 Å². The lowest BCUT2D eigenvalue weighted by atomic mass is 10.0. The van der Waals surface area contributed by atoms with Crippen molar-refractivity contribution in [1.82, 2.24) is 14.9 Å². The number of pyridine rings is 1. The third-order valence-electron chi connectivity index (χ3n) is 5.93. The van der Waals surface area contributed by atoms with Crippen LogP contribution in [-0.2, 0) is 0 Å². The molecule has 1 N–H and O–H groups in total. The average molecular weight is 459 g/mol. The standard InChI is InChI=1S/C26H23FN4OS/c1-17-15-19(11-12-21(17)27)31-25(24(29-26(31)33)22-9-3-4-13-28-22)23-10-6-14-30(23)18-7-5-8-20(16-18)32-2/h3-16,24-25H,1-2H3,(H,29,33). The number of nitrogens with zero attached hydrogens (tertiary/aromatic N) is 3. The van der Waals surface area contributed by atoms with Crippen LogP contribution < -0.4 is 15.0 Å². The highest BCUT2D eigenvalue weighted by molar-refractivity contribution is 7.80. The number of thiocarbonyl (C=S) groups is 1. The van der Waals surface area contributed by atoms with Gasteiger partial charge < -0.3 is 19.5 Å². The molecule has 0 saturated carbocycles. The van der Waals surface area contributed by atoms with Gasteiger partial charge in [-0.25, -0.2) is 4.39 Å². The summed E-state index contributed by atoms with van der Waals surface area (Å²) < 4.78 is 21.6. The lowest BCUT2D eigenvalue weighted by Crippen LogP contribution is -2.30. The molecule has 1 aliphatic heterocycles. The highest BCUT2D eigenvalue weighted by Gasteiger charge is 2.42. The third-order valence-corrected chi connectivity index (χ3v) is 6.25. The lowest BCUT2D eigenvalue weighted by molar-refractivity contribution is 0.414. The molecule has 0 aliphatic carbocycles. The van der Waals surface area contributed by atoms with E-state index in [1.54, 1.807) is 26.3 Å². The summed E-state index contributed by atoms with van der Waals surface area (Å²) in [5, 5.41) is 4.03. The molecular formula is C26H23FN4OS. The monoisotopic (exact) mass is 458 g/mol. The molecule has 166 valence electrons. The van der Waals surface area contributed by atoms with E-state index in [4.69, 9.17) is 17.0 Å². The van der Waals surface area contributed by atoms with E-state index in [9.17, 15) is 4.39 Å². The smallest absolute Gasteiger partial charge is 0.174 e. The number of nitrogens with one attached hydrogen (secondary N) is 1. The van der Waals surface area contributed by atoms with E-state index >= 15 is 0 Å². The second-order valence-electron chi connectivity index (χ2n) is 7.93. The van der Waals surface area contributed by atoms with Crippen LogP contribution in [0, 0.1) is 12.7 Å². The number of aromatic nitrogens is 2. The summed E-state index contributed by atoms with van der Waals surface area (Å²) in [6.07, 6.45) is 3.80. The van der Waals surface area contributed by atoms with Gasteiger partial charge in [-0.15, -0.1) is 0 Å². The molecular weight excluding hydrogens is 435 g/mol. The Bertz CT molecular complexity index is 1310. The zero-order valence-electron chi connectivity index (χ0n) is 18.3. The molecule has 2 atom stereocenters. The molecule has 2 unspecified atom stereocenters. The molecule has 7 heteroatoms. The van der Waals surface area contributed by atoms with Crippen molar-refractivity contribution in [1.29, 1.82) is 0 Å². The fraction of sp³-hybridized carbons (Fsp3) is 0.154. The molecule has 1 aliphatic rings. The first-order valence-corrected chi connectivity index (χ1v) is 11.1. The number of halogens is 1. The minimum atomic E-state index is -0.241. The second kappa shape index (κ2) is 8.67. The summed E-state index contributed by atoms with van der Waals surface area (Å²) in [7, 11) is 1.66. The Balaban J connectivity index is 1.67. The quantitative estimate of drug-likeness (QED) is 0.400. The third kappa shape index (κ3) is 3.85. The van der Waals surface area contributed by atoms with Gasteiger partial charge in [-0.1, -0.05) is 12.1 Å². The molecule has 1 fully saturated rings. The Morgan fingerprint density at radius 3 is 2.64 bits per heavy atom. The van der Waals surface area contributed by atoms with Crippen molar-refractivity contribution in [2.75, 3.05) is 12.0 Å². The molecule has 5 rings (SSSR count). The maximum Gasteiger partial charge on any atom is 0.174 e. The van der Waals surface area contributed by atoms with Crippen LogP contribution in [0.4, 0.5) is 10.1 Å². The van der Waals surface area contributed by atoms with Crippen molar-refractivity contribution in [2.45, 2.75) is 19.0 Å². The van der Waals surface area contributed by atoms with E-state index in [0.29, 0.717) is 10.7 Å². The number of aryl methyl sites for hydroxylation is 1. The van der Waals surface area contributed by atoms with Crippen molar-refractivity contribution in [3.63, 3.8) is 0 Å². The van der Waals surface area contributed by atoms with E-state index in [2.05, 4.69) is 20.9 Å². The van der Waals surface area contributed by atoms with Gasteiger partial charge in [0.1, 0.15) is 17.6 Å². The molecule has 4 aromatic rings. The van der Waals surface area contributed by atoms with Gasteiger partial charge in [-0.2, -0.15) is 0 Å². The van der Waals surface area contributed by atoms with Crippen LogP contribution in [0.5, 0.6) is 5.75 Å². The van der Waals surface area contributed by atoms with E-state index in [0.717, 1.165) is 28.5 Å². The normalized spacial score (nSPS) is 17.8. The number of hydrogen-bond acceptors (Lipinski definition) is 3. The predicted molar refractivity (Wildman–Crippen MR) is 131 cm³/mol. The molecule has 0 radical (unpaired) electrons. The Kier molecular flexibility index (Phi) is 5.56. The first-order valence-electron chi connectivity index (χ1n) is 10.7. The number of hydrogen-bond donors (Lipinski definition) is 1. The van der Waals surface area contributed by atoms with Crippen molar-refractivity contribution >= 4 is 23.0 Å². The van der Waals surface area contributed by atoms with Gasteiger partial charge in [-0.3, -0.25) is 4.98 Å². The van der Waals surface area contributed by atoms with Gasteiger partial charge in [0.05, 0.1) is 18.8 Å². The van der Waals surface area contributed by atoms with E-state index in [1.165, 1.54) is 6.07 Å². The first-order chi connectivity index (χ1) is 16.1. The minimum absolute atomic E-state index is 0.191. The van der Waals surface area contributed by atoms with Gasteiger partial charge in [-0.05, 0) is 79.3 Å². The van der Waals surface area contributed by atoms with Gasteiger partial charge in [0.15, 0.2) is 5.11 Å². The number of methoxy groups -OCH3 is 1. The highest BCUT2D eigenvalue weighted by Crippen LogP contribution is 2.42. The fourth-order valence-electron chi connectivity index (χ4n) is 4.34. The number of anilines is 1. The van der Waals surface area contributed by atoms with Crippen molar-refractivity contribution in [3.8, 4) is 11.4 Å². The average Bonchev–Trinajstić information content (AvgIpc) is 3.46. The zero-order chi connectivity index (χ0) is 22.9. The molecule has 5 nitrogen and oxygen atoms in total. The van der Waals surface area contributed by atoms with Crippen molar-refractivity contribution in [3.05, 3.63) is 108 Å². The van der Waals surface area contributed by atoms with Crippen LogP contribution in [0.3, 0.4) is 0 Å². The molecule has 2 aromatic carbocycles. The maximum absolute atomic E-state index is 14.1. The van der Waals surface area contributed by atoms with Gasteiger partial charge in [0, 0.05) is 35.5 Å². The van der Waals surface area contributed by atoms with Crippen LogP contribution in [0.25, 0.3) is 5.69 Å². The summed E-state index contributed by atoms with van der Waals surface area (Å²) in [6.45, 7) is 1.76. The number of rotatable bonds is 5. The molecule has 0 amide bonds. The zero-order valence-corrected chi connectivity index (χ0v) is 19.1. The minimum Gasteiger partial charge on any atom is -0.497 e. The van der Waals surface area contributed by atoms with Crippen LogP contribution in [0.1, 0.15) is 29.0 Å². The molecule has 33 heavy (non-hydrogen) atoms. The molecule has 0 bridgehead atoms. The van der Waals surface area contributed by atoms with Crippen LogP contribution >= 0.6 is 12.2 Å². The summed E-state index contributed by atoms with van der Waals surface area (Å²) in [5.74, 6) is 0.536. The molecule has 1 saturated heterocycles. The Morgan fingerprint density at radius 1 is 1.00 bits per heavy atom. The van der Waals surface area contributed by atoms with Gasteiger partial charge >= 0.3 is 0 Å². The summed E-state index contributed by atoms with van der Waals surface area (Å²) in [6, 6.07) is 22.5. The van der Waals surface area contributed by atoms with Crippen LogP contribution in [0.2, 0.25) is 0 Å². The maximum atomic E-state index is 14.1. The van der Waals surface area contributed by atoms with Gasteiger partial charge in [0.2, 0.25) is 0 Å². The van der Waals surface area contributed by atoms with Gasteiger partial charge in [0.25, 0.3) is 0 Å². The lowest BCUT2D eigenvalue weighted by Gasteiger charge is -2.29. The Labute approximate surface area is 197 Å². The highest BCUT2D eigenvalue weighted by atomic mass is 32.1. The predicted octanol–water partition coefficient (Wildman–Crippen LogP) is 5.51. The van der Waals surface area contributed by atoms with E-state index in [-0.39, 0.29) is 17.9 Å². The largest absolute Gasteiger partial charge is 0.497 e. The Morgan fingerprint density at radius 2 is 1.88 bits per heavy atom. The molecule has 3 heterocycles. The second-order valence-corrected chi connectivity index (χ2v) is 8.32. The number of ether oxygens (including phenoxy) is 1. The summed E-state index contributed by atoms with van der Waals surface area (Å²) >= 11 is 5.79. The topological polar surface area (TPSA) is 42.3 Å². The Hall–Kier alpha value is -3.71. The fourth-order valence-corrected chi connectivity index (χ4v) is 4.69. The summed E-state index contributed by atoms with van der Waals surface area (Å²) in [5.41, 5.74) is 4.27. The van der Waals surface area contributed by atoms with E-state index < -0.39 is 0 Å². The first kappa shape index (κ1) is 21.2. The molecule has 2 aromatic heterocycles. The van der Waals surface area contributed by atoms with E-state index in [1.807, 2.05) is 65.7 Å².